The van der Waals surface area contributed by atoms with Crippen LogP contribution in [0.2, 0.25) is 0 Å². The molecule has 0 bridgehead atoms. The minimum atomic E-state index is 0.250. The van der Waals surface area contributed by atoms with Crippen molar-refractivity contribution in [2.24, 2.45) is 10.9 Å². The molecule has 0 radical (unpaired) electrons. The summed E-state index contributed by atoms with van der Waals surface area (Å²) in [4.78, 5) is 9.60. The van der Waals surface area contributed by atoms with Gasteiger partial charge in [-0.3, -0.25) is 9.98 Å². The molecule has 3 heteroatoms. The first-order chi connectivity index (χ1) is 9.75. The summed E-state index contributed by atoms with van der Waals surface area (Å²) >= 11 is 0. The second-order valence-electron chi connectivity index (χ2n) is 5.91. The summed E-state index contributed by atoms with van der Waals surface area (Å²) < 4.78 is 0. The van der Waals surface area contributed by atoms with Gasteiger partial charge in [-0.2, -0.15) is 0 Å². The van der Waals surface area contributed by atoms with Crippen LogP contribution in [0.1, 0.15) is 43.5 Å². The summed E-state index contributed by atoms with van der Waals surface area (Å²) in [5.41, 5.74) is 3.75. The lowest BCUT2D eigenvalue weighted by Gasteiger charge is -2.31. The smallest absolute Gasteiger partial charge is 0.0922 e. The van der Waals surface area contributed by atoms with E-state index in [0.29, 0.717) is 12.0 Å². The number of nitrogens with one attached hydrogen (secondary N) is 1. The second kappa shape index (κ2) is 5.88. The molecule has 20 heavy (non-hydrogen) atoms. The summed E-state index contributed by atoms with van der Waals surface area (Å²) in [6.07, 6.45) is 9.87. The molecule has 1 N–H and O–H groups in total. The van der Waals surface area contributed by atoms with E-state index in [2.05, 4.69) is 42.4 Å². The van der Waals surface area contributed by atoms with Crippen molar-refractivity contribution in [2.75, 3.05) is 6.54 Å². The molecule has 0 amide bonds. The fraction of sp³-hybridized carbons (Fsp3) is 0.529. The zero-order chi connectivity index (χ0) is 13.9. The van der Waals surface area contributed by atoms with E-state index in [9.17, 15) is 0 Å². The largest absolute Gasteiger partial charge is 0.305 e. The number of aliphatic imine (C=N–C) groups is 1. The van der Waals surface area contributed by atoms with Crippen LogP contribution >= 0.6 is 0 Å². The van der Waals surface area contributed by atoms with Gasteiger partial charge in [0.1, 0.15) is 0 Å². The van der Waals surface area contributed by atoms with Crippen LogP contribution in [-0.2, 0) is 0 Å². The first-order valence-electron chi connectivity index (χ1n) is 7.64. The second-order valence-corrected chi connectivity index (χ2v) is 5.91. The van der Waals surface area contributed by atoms with Gasteiger partial charge < -0.3 is 5.32 Å². The van der Waals surface area contributed by atoms with Crippen LogP contribution in [0, 0.1) is 12.8 Å². The number of hydrogen-bond acceptors (Lipinski definition) is 3. The average Bonchev–Trinajstić information content (AvgIpc) is 2.48. The third kappa shape index (κ3) is 2.68. The van der Waals surface area contributed by atoms with Crippen molar-refractivity contribution >= 4 is 5.71 Å². The average molecular weight is 269 g/mol. The lowest BCUT2D eigenvalue weighted by atomic mass is 9.88. The van der Waals surface area contributed by atoms with E-state index in [1.807, 2.05) is 12.3 Å². The van der Waals surface area contributed by atoms with Crippen molar-refractivity contribution in [1.29, 1.82) is 0 Å². The molecule has 0 saturated carbocycles. The van der Waals surface area contributed by atoms with Gasteiger partial charge in [-0.15, -0.1) is 0 Å². The highest BCUT2D eigenvalue weighted by molar-refractivity contribution is 5.91. The van der Waals surface area contributed by atoms with Crippen LogP contribution < -0.4 is 5.32 Å². The fourth-order valence-electron chi connectivity index (χ4n) is 3.28. The molecule has 3 nitrogen and oxygen atoms in total. The normalized spacial score (nSPS) is 30.1. The molecule has 0 aliphatic carbocycles. The maximum Gasteiger partial charge on any atom is 0.0922 e. The van der Waals surface area contributed by atoms with Crippen molar-refractivity contribution in [2.45, 2.75) is 45.2 Å². The Hall–Kier alpha value is -1.48. The Labute approximate surface area is 121 Å². The first kappa shape index (κ1) is 13.5. The Morgan fingerprint density at radius 3 is 3.05 bits per heavy atom. The molecule has 0 spiro atoms. The van der Waals surface area contributed by atoms with E-state index < -0.39 is 0 Å². The van der Waals surface area contributed by atoms with E-state index in [0.717, 1.165) is 25.1 Å². The Morgan fingerprint density at radius 1 is 1.35 bits per heavy atom. The van der Waals surface area contributed by atoms with Gasteiger partial charge in [0.25, 0.3) is 0 Å². The van der Waals surface area contributed by atoms with Gasteiger partial charge >= 0.3 is 0 Å². The van der Waals surface area contributed by atoms with Crippen LogP contribution in [0.5, 0.6) is 0 Å². The Bertz CT molecular complexity index is 533. The number of aromatic nitrogens is 1. The SMILES string of the molecule is Cc1cccnc1[C@@H]1CCCC(C2NCC=CC2C)=N1. The van der Waals surface area contributed by atoms with E-state index in [1.54, 1.807) is 0 Å². The van der Waals surface area contributed by atoms with Crippen LogP contribution in [0.15, 0.2) is 35.5 Å². The fourth-order valence-corrected chi connectivity index (χ4v) is 3.28. The van der Waals surface area contributed by atoms with Crippen molar-refractivity contribution in [3.8, 4) is 0 Å². The number of hydrogen-bond donors (Lipinski definition) is 1. The molecule has 1 aromatic rings. The Balaban J connectivity index is 1.86. The molecule has 0 aromatic carbocycles. The molecule has 3 heterocycles. The minimum absolute atomic E-state index is 0.250. The molecule has 2 aliphatic heterocycles. The van der Waals surface area contributed by atoms with Gasteiger partial charge in [0.2, 0.25) is 0 Å². The van der Waals surface area contributed by atoms with Crippen LogP contribution in [0.3, 0.4) is 0 Å². The Morgan fingerprint density at radius 2 is 2.25 bits per heavy atom. The number of pyridine rings is 1. The summed E-state index contributed by atoms with van der Waals surface area (Å²) in [5.74, 6) is 0.533. The predicted octanol–water partition coefficient (Wildman–Crippen LogP) is 3.22. The predicted molar refractivity (Wildman–Crippen MR) is 83.1 cm³/mol. The molecule has 1 aromatic heterocycles. The van der Waals surface area contributed by atoms with Gasteiger partial charge in [-0.05, 0) is 43.7 Å². The Kier molecular flexibility index (Phi) is 3.97. The quantitative estimate of drug-likeness (QED) is 0.837. The number of rotatable bonds is 2. The molecular formula is C17H23N3. The van der Waals surface area contributed by atoms with Gasteiger partial charge in [0.15, 0.2) is 0 Å². The van der Waals surface area contributed by atoms with Gasteiger partial charge in [0, 0.05) is 18.5 Å². The summed E-state index contributed by atoms with van der Waals surface area (Å²) in [6, 6.07) is 4.80. The summed E-state index contributed by atoms with van der Waals surface area (Å²) in [6.45, 7) is 5.36. The van der Waals surface area contributed by atoms with Crippen LogP contribution in [0.25, 0.3) is 0 Å². The maximum absolute atomic E-state index is 5.04. The number of aryl methyl sites for hydroxylation is 1. The van der Waals surface area contributed by atoms with Crippen LogP contribution in [0.4, 0.5) is 0 Å². The lowest BCUT2D eigenvalue weighted by molar-refractivity contribution is 0.493. The molecule has 2 aliphatic rings. The van der Waals surface area contributed by atoms with Crippen molar-refractivity contribution in [3.05, 3.63) is 41.7 Å². The van der Waals surface area contributed by atoms with E-state index in [1.165, 1.54) is 17.7 Å². The topological polar surface area (TPSA) is 37.3 Å². The molecule has 0 fully saturated rings. The highest BCUT2D eigenvalue weighted by atomic mass is 15.0. The third-order valence-electron chi connectivity index (χ3n) is 4.38. The summed E-state index contributed by atoms with van der Waals surface area (Å²) in [7, 11) is 0. The highest BCUT2D eigenvalue weighted by Crippen LogP contribution is 2.30. The van der Waals surface area contributed by atoms with Crippen molar-refractivity contribution < 1.29 is 0 Å². The van der Waals surface area contributed by atoms with E-state index in [-0.39, 0.29) is 6.04 Å². The van der Waals surface area contributed by atoms with Gasteiger partial charge in [0.05, 0.1) is 17.8 Å². The van der Waals surface area contributed by atoms with E-state index >= 15 is 0 Å². The minimum Gasteiger partial charge on any atom is -0.305 e. The monoisotopic (exact) mass is 269 g/mol. The summed E-state index contributed by atoms with van der Waals surface area (Å²) in [5, 5.41) is 3.59. The molecule has 106 valence electrons. The zero-order valence-corrected chi connectivity index (χ0v) is 12.3. The van der Waals surface area contributed by atoms with Gasteiger partial charge in [-0.1, -0.05) is 25.1 Å². The molecule has 3 atom stereocenters. The van der Waals surface area contributed by atoms with Crippen molar-refractivity contribution in [3.63, 3.8) is 0 Å². The first-order valence-corrected chi connectivity index (χ1v) is 7.64. The molecular weight excluding hydrogens is 246 g/mol. The van der Waals surface area contributed by atoms with E-state index in [4.69, 9.17) is 4.99 Å². The maximum atomic E-state index is 5.04. The molecule has 3 rings (SSSR count). The van der Waals surface area contributed by atoms with Crippen LogP contribution in [-0.4, -0.2) is 23.3 Å². The standard InChI is InChI=1S/C17H23N3/c1-12-6-4-10-18-16(12)14-8-3-9-15(20-14)17-13(2)7-5-11-19-17/h4-7,10,13-14,17,19H,3,8-9,11H2,1-2H3/t13?,14-,17?/m0/s1. The zero-order valence-electron chi connectivity index (χ0n) is 12.3. The third-order valence-corrected chi connectivity index (χ3v) is 4.38. The molecule has 0 saturated heterocycles. The number of nitrogens with zero attached hydrogens (tertiary/aromatic N) is 2. The van der Waals surface area contributed by atoms with Crippen molar-refractivity contribution in [1.82, 2.24) is 10.3 Å². The molecule has 2 unspecified atom stereocenters. The lowest BCUT2D eigenvalue weighted by Crippen LogP contribution is -2.44. The van der Waals surface area contributed by atoms with Gasteiger partial charge in [-0.25, -0.2) is 0 Å². The highest BCUT2D eigenvalue weighted by Gasteiger charge is 2.27.